The van der Waals surface area contributed by atoms with E-state index in [4.69, 9.17) is 0 Å². The topological polar surface area (TPSA) is 107 Å². The molecule has 4 amide bonds. The molecule has 164 valence electrons. The van der Waals surface area contributed by atoms with Crippen molar-refractivity contribution in [2.24, 2.45) is 0 Å². The number of aldehydes is 1. The number of nitrogens with zero attached hydrogens (tertiary/aromatic N) is 3. The maximum absolute atomic E-state index is 13.0. The van der Waals surface area contributed by atoms with E-state index < -0.39 is 29.7 Å². The number of amides is 4. The van der Waals surface area contributed by atoms with Crippen molar-refractivity contribution in [1.82, 2.24) is 15.1 Å². The first-order valence-electron chi connectivity index (χ1n) is 10.5. The molecule has 0 saturated carbocycles. The number of hydrogen-bond donors (Lipinski definition) is 1. The smallest absolute Gasteiger partial charge is 0.262 e. The Morgan fingerprint density at radius 1 is 1.03 bits per heavy atom. The minimum Gasteiger partial charge on any atom is -0.369 e. The molecule has 1 atom stereocenters. The van der Waals surface area contributed by atoms with Crippen LogP contribution < -0.4 is 10.2 Å². The maximum atomic E-state index is 13.0. The molecule has 0 radical (unpaired) electrons. The Bertz CT molecular complexity index is 965. The average Bonchev–Trinajstić information content (AvgIpc) is 2.98. The van der Waals surface area contributed by atoms with Crippen LogP contribution in [-0.4, -0.2) is 77.5 Å². The van der Waals surface area contributed by atoms with Crippen LogP contribution in [0.4, 0.5) is 5.69 Å². The predicted octanol–water partition coefficient (Wildman–Crippen LogP) is 0.577. The van der Waals surface area contributed by atoms with Gasteiger partial charge in [-0.3, -0.25) is 34.3 Å². The molecule has 0 aliphatic carbocycles. The SMILES string of the molecule is CC(C)(CC=O)N1CCN(c2ccc3c(c2)C(=O)N(C2CCC(=O)NC2=O)C3=O)CC1. The number of carbonyl (C=O) groups excluding carboxylic acids is 5. The van der Waals surface area contributed by atoms with Gasteiger partial charge in [-0.15, -0.1) is 0 Å². The number of imide groups is 2. The fourth-order valence-electron chi connectivity index (χ4n) is 4.56. The van der Waals surface area contributed by atoms with Crippen molar-refractivity contribution in [3.63, 3.8) is 0 Å². The van der Waals surface area contributed by atoms with Gasteiger partial charge in [0.15, 0.2) is 0 Å². The molecule has 1 aromatic rings. The van der Waals surface area contributed by atoms with Crippen LogP contribution in [0, 0.1) is 0 Å². The second kappa shape index (κ2) is 7.88. The summed E-state index contributed by atoms with van der Waals surface area (Å²) >= 11 is 0. The van der Waals surface area contributed by atoms with Crippen LogP contribution in [0.15, 0.2) is 18.2 Å². The first-order valence-corrected chi connectivity index (χ1v) is 10.5. The van der Waals surface area contributed by atoms with Crippen LogP contribution >= 0.6 is 0 Å². The Kier molecular flexibility index (Phi) is 5.38. The van der Waals surface area contributed by atoms with Crippen molar-refractivity contribution in [1.29, 1.82) is 0 Å². The Balaban J connectivity index is 1.50. The first kappa shape index (κ1) is 21.2. The molecule has 0 spiro atoms. The van der Waals surface area contributed by atoms with E-state index in [1.807, 2.05) is 6.07 Å². The summed E-state index contributed by atoms with van der Waals surface area (Å²) in [6.45, 7) is 7.15. The molecular weight excluding hydrogens is 400 g/mol. The third kappa shape index (κ3) is 3.74. The fourth-order valence-corrected chi connectivity index (χ4v) is 4.56. The number of nitrogens with one attached hydrogen (secondary N) is 1. The molecule has 3 heterocycles. The lowest BCUT2D eigenvalue weighted by Crippen LogP contribution is -2.54. The van der Waals surface area contributed by atoms with E-state index in [1.54, 1.807) is 12.1 Å². The van der Waals surface area contributed by atoms with Crippen LogP contribution in [0.3, 0.4) is 0 Å². The zero-order chi connectivity index (χ0) is 22.3. The predicted molar refractivity (Wildman–Crippen MR) is 112 cm³/mol. The molecule has 1 N–H and O–H groups in total. The average molecular weight is 426 g/mol. The van der Waals surface area contributed by atoms with Crippen LogP contribution in [-0.2, 0) is 14.4 Å². The highest BCUT2D eigenvalue weighted by Gasteiger charge is 2.44. The molecule has 4 rings (SSSR count). The van der Waals surface area contributed by atoms with Gasteiger partial charge in [-0.1, -0.05) is 0 Å². The number of piperazine rings is 1. The van der Waals surface area contributed by atoms with Crippen LogP contribution in [0.5, 0.6) is 0 Å². The van der Waals surface area contributed by atoms with Crippen molar-refractivity contribution >= 4 is 35.6 Å². The van der Waals surface area contributed by atoms with Gasteiger partial charge in [-0.2, -0.15) is 0 Å². The van der Waals surface area contributed by atoms with Crippen molar-refractivity contribution in [2.75, 3.05) is 31.1 Å². The van der Waals surface area contributed by atoms with E-state index in [2.05, 4.69) is 29.0 Å². The van der Waals surface area contributed by atoms with Gasteiger partial charge in [0.1, 0.15) is 12.3 Å². The summed E-state index contributed by atoms with van der Waals surface area (Å²) in [5, 5.41) is 2.20. The Labute approximate surface area is 180 Å². The van der Waals surface area contributed by atoms with Crippen LogP contribution in [0.2, 0.25) is 0 Å². The molecule has 0 bridgehead atoms. The van der Waals surface area contributed by atoms with E-state index in [9.17, 15) is 24.0 Å². The molecule has 9 heteroatoms. The van der Waals surface area contributed by atoms with Crippen molar-refractivity contribution < 1.29 is 24.0 Å². The number of piperidine rings is 1. The van der Waals surface area contributed by atoms with Gasteiger partial charge in [0.25, 0.3) is 11.8 Å². The van der Waals surface area contributed by atoms with E-state index >= 15 is 0 Å². The minimum atomic E-state index is -0.961. The second-order valence-corrected chi connectivity index (χ2v) is 8.83. The fraction of sp³-hybridized carbons (Fsp3) is 0.500. The summed E-state index contributed by atoms with van der Waals surface area (Å²) in [6.07, 6.45) is 1.66. The molecule has 31 heavy (non-hydrogen) atoms. The monoisotopic (exact) mass is 426 g/mol. The van der Waals surface area contributed by atoms with Crippen molar-refractivity contribution in [3.05, 3.63) is 29.3 Å². The van der Waals surface area contributed by atoms with Gasteiger partial charge in [-0.25, -0.2) is 0 Å². The summed E-state index contributed by atoms with van der Waals surface area (Å²) in [5.74, 6) is -2.00. The third-order valence-corrected chi connectivity index (χ3v) is 6.51. The molecule has 3 aliphatic rings. The van der Waals surface area contributed by atoms with E-state index in [0.717, 1.165) is 43.1 Å². The first-order chi connectivity index (χ1) is 14.7. The van der Waals surface area contributed by atoms with Gasteiger partial charge in [0.2, 0.25) is 11.8 Å². The second-order valence-electron chi connectivity index (χ2n) is 8.83. The lowest BCUT2D eigenvalue weighted by Gasteiger charge is -2.44. The highest BCUT2D eigenvalue weighted by molar-refractivity contribution is 6.23. The molecule has 1 aromatic carbocycles. The normalized spacial score (nSPS) is 22.6. The van der Waals surface area contributed by atoms with Crippen molar-refractivity contribution in [3.8, 4) is 0 Å². The summed E-state index contributed by atoms with van der Waals surface area (Å²) in [7, 11) is 0. The lowest BCUT2D eigenvalue weighted by atomic mass is 9.98. The van der Waals surface area contributed by atoms with Gasteiger partial charge >= 0.3 is 0 Å². The number of rotatable bonds is 5. The standard InChI is InChI=1S/C22H26N4O5/c1-22(2,7-12-27)25-10-8-24(9-11-25)14-3-4-15-16(13-14)21(31)26(20(15)30)17-5-6-18(28)23-19(17)29/h3-4,12-13,17H,5-11H2,1-2H3,(H,23,28,29). The number of anilines is 1. The Morgan fingerprint density at radius 2 is 1.71 bits per heavy atom. The Morgan fingerprint density at radius 3 is 2.35 bits per heavy atom. The zero-order valence-corrected chi connectivity index (χ0v) is 17.7. The van der Waals surface area contributed by atoms with Gasteiger partial charge in [0.05, 0.1) is 11.1 Å². The lowest BCUT2D eigenvalue weighted by molar-refractivity contribution is -0.136. The summed E-state index contributed by atoms with van der Waals surface area (Å²) in [4.78, 5) is 65.8. The molecule has 0 aromatic heterocycles. The molecule has 2 saturated heterocycles. The molecule has 3 aliphatic heterocycles. The molecule has 2 fully saturated rings. The van der Waals surface area contributed by atoms with E-state index in [1.165, 1.54) is 0 Å². The number of fused-ring (bicyclic) bond motifs is 1. The van der Waals surface area contributed by atoms with E-state index in [0.29, 0.717) is 6.42 Å². The summed E-state index contributed by atoms with van der Waals surface area (Å²) in [6, 6.07) is 4.22. The number of carbonyl (C=O) groups is 5. The quantitative estimate of drug-likeness (QED) is 0.542. The molecular formula is C22H26N4O5. The van der Waals surface area contributed by atoms with Gasteiger partial charge < -0.3 is 9.69 Å². The molecule has 1 unspecified atom stereocenters. The number of hydrogen-bond acceptors (Lipinski definition) is 7. The minimum absolute atomic E-state index is 0.0970. The highest BCUT2D eigenvalue weighted by atomic mass is 16.2. The summed E-state index contributed by atoms with van der Waals surface area (Å²) < 4.78 is 0. The number of benzene rings is 1. The summed E-state index contributed by atoms with van der Waals surface area (Å²) in [5.41, 5.74) is 1.22. The third-order valence-electron chi connectivity index (χ3n) is 6.51. The highest BCUT2D eigenvalue weighted by Crippen LogP contribution is 2.31. The van der Waals surface area contributed by atoms with Crippen molar-refractivity contribution in [2.45, 2.75) is 44.7 Å². The van der Waals surface area contributed by atoms with Gasteiger partial charge in [0, 0.05) is 50.2 Å². The van der Waals surface area contributed by atoms with E-state index in [-0.39, 0.29) is 29.5 Å². The van der Waals surface area contributed by atoms with Crippen LogP contribution in [0.1, 0.15) is 53.8 Å². The molecule has 9 nitrogen and oxygen atoms in total. The Hall–Kier alpha value is -3.07. The van der Waals surface area contributed by atoms with Gasteiger partial charge in [-0.05, 0) is 38.5 Å². The maximum Gasteiger partial charge on any atom is 0.262 e. The largest absolute Gasteiger partial charge is 0.369 e. The zero-order valence-electron chi connectivity index (χ0n) is 17.7. The van der Waals surface area contributed by atoms with Crippen LogP contribution in [0.25, 0.3) is 0 Å².